The average molecular weight is 433 g/mol. The van der Waals surface area contributed by atoms with Crippen LogP contribution in [0.4, 0.5) is 18.9 Å². The summed E-state index contributed by atoms with van der Waals surface area (Å²) in [7, 11) is 2.98. The number of methoxy groups -OCH3 is 2. The van der Waals surface area contributed by atoms with Crippen LogP contribution < -0.4 is 14.4 Å². The summed E-state index contributed by atoms with van der Waals surface area (Å²) in [5.74, 6) is 0.418. The Morgan fingerprint density at radius 3 is 2.61 bits per heavy atom. The molecule has 0 saturated heterocycles. The number of rotatable bonds is 5. The second kappa shape index (κ2) is 7.56. The molecule has 162 valence electrons. The number of fused-ring (bicyclic) bond motifs is 1. The lowest BCUT2D eigenvalue weighted by Crippen LogP contribution is -2.26. The van der Waals surface area contributed by atoms with Crippen molar-refractivity contribution < 1.29 is 27.4 Å². The van der Waals surface area contributed by atoms with Crippen molar-refractivity contribution in [1.29, 1.82) is 0 Å². The van der Waals surface area contributed by atoms with Gasteiger partial charge in [0.1, 0.15) is 6.54 Å². The van der Waals surface area contributed by atoms with Gasteiger partial charge in [-0.25, -0.2) is 9.97 Å². The molecule has 11 heteroatoms. The van der Waals surface area contributed by atoms with Crippen LogP contribution in [-0.2, 0) is 6.54 Å². The number of carbonyl (C=O) groups is 1. The van der Waals surface area contributed by atoms with Crippen LogP contribution in [-0.4, -0.2) is 46.1 Å². The van der Waals surface area contributed by atoms with E-state index in [-0.39, 0.29) is 11.6 Å². The van der Waals surface area contributed by atoms with Crippen molar-refractivity contribution in [2.75, 3.05) is 19.1 Å². The van der Waals surface area contributed by atoms with Crippen LogP contribution in [0.2, 0.25) is 0 Å². The predicted molar refractivity (Wildman–Crippen MR) is 104 cm³/mol. The Hall–Kier alpha value is -3.63. The van der Waals surface area contributed by atoms with E-state index in [0.717, 1.165) is 4.68 Å². The molecule has 0 N–H and O–H groups in total. The van der Waals surface area contributed by atoms with Gasteiger partial charge in [-0.1, -0.05) is 0 Å². The smallest absolute Gasteiger partial charge is 0.408 e. The van der Waals surface area contributed by atoms with Crippen molar-refractivity contribution in [3.63, 3.8) is 0 Å². The minimum atomic E-state index is -4.41. The number of hydrogen-bond acceptors (Lipinski definition) is 6. The maximum Gasteiger partial charge on any atom is 0.408 e. The van der Waals surface area contributed by atoms with Crippen molar-refractivity contribution in [1.82, 2.24) is 19.7 Å². The second-order valence-electron chi connectivity index (χ2n) is 6.93. The van der Waals surface area contributed by atoms with Gasteiger partial charge >= 0.3 is 6.18 Å². The summed E-state index contributed by atoms with van der Waals surface area (Å²) in [6.45, 7) is 0.527. The highest BCUT2D eigenvalue weighted by Crippen LogP contribution is 2.38. The lowest BCUT2D eigenvalue weighted by atomic mass is 10.1. The normalized spacial score (nSPS) is 15.9. The second-order valence-corrected chi connectivity index (χ2v) is 6.93. The molecule has 0 spiro atoms. The van der Waals surface area contributed by atoms with Crippen molar-refractivity contribution in [3.8, 4) is 22.9 Å². The minimum absolute atomic E-state index is 0.272. The fraction of sp³-hybridized carbons (Fsp3) is 0.300. The van der Waals surface area contributed by atoms with Gasteiger partial charge in [0, 0.05) is 18.0 Å². The van der Waals surface area contributed by atoms with Gasteiger partial charge < -0.3 is 9.47 Å². The van der Waals surface area contributed by atoms with Crippen LogP contribution in [0.5, 0.6) is 11.6 Å². The molecule has 1 atom stereocenters. The van der Waals surface area contributed by atoms with E-state index in [9.17, 15) is 18.0 Å². The van der Waals surface area contributed by atoms with E-state index in [1.54, 1.807) is 31.3 Å². The number of alkyl halides is 3. The van der Waals surface area contributed by atoms with Gasteiger partial charge in [-0.05, 0) is 25.1 Å². The predicted octanol–water partition coefficient (Wildman–Crippen LogP) is 3.64. The van der Waals surface area contributed by atoms with Crippen LogP contribution in [0.3, 0.4) is 0 Å². The molecule has 0 aliphatic carbocycles. The van der Waals surface area contributed by atoms with E-state index in [0.29, 0.717) is 34.1 Å². The van der Waals surface area contributed by atoms with E-state index < -0.39 is 18.8 Å². The maximum absolute atomic E-state index is 12.9. The third-order valence-corrected chi connectivity index (χ3v) is 4.92. The minimum Gasteiger partial charge on any atom is -0.491 e. The van der Waals surface area contributed by atoms with Crippen molar-refractivity contribution in [2.24, 2.45) is 0 Å². The molecule has 1 aliphatic rings. The molecule has 4 rings (SSSR count). The summed E-state index contributed by atoms with van der Waals surface area (Å²) in [4.78, 5) is 23.1. The molecule has 0 saturated carbocycles. The number of halogens is 3. The molecule has 0 unspecified atom stereocenters. The van der Waals surface area contributed by atoms with E-state index in [4.69, 9.17) is 9.47 Å². The van der Waals surface area contributed by atoms with Crippen LogP contribution in [0.25, 0.3) is 11.3 Å². The van der Waals surface area contributed by atoms with Gasteiger partial charge in [0.2, 0.25) is 0 Å². The van der Waals surface area contributed by atoms with Crippen molar-refractivity contribution >= 4 is 11.6 Å². The molecule has 1 aliphatic heterocycles. The molecule has 0 aromatic carbocycles. The number of ether oxygens (including phenoxy) is 2. The number of aromatic nitrogens is 4. The standard InChI is InChI=1S/C20H18F3N5O3/c1-11-17-14(19(29)28(11)13-8-25-27(9-13)10-20(21,22)23)4-5-15(26-17)12-6-16(30-2)18(31-3)24-7-12/h4-9,11H,10H2,1-3H3/t11-/m1/s1. The van der Waals surface area contributed by atoms with Crippen molar-refractivity contribution in [3.05, 3.63) is 48.0 Å². The monoisotopic (exact) mass is 433 g/mol. The van der Waals surface area contributed by atoms with Crippen LogP contribution >= 0.6 is 0 Å². The summed E-state index contributed by atoms with van der Waals surface area (Å²) in [5, 5.41) is 3.73. The zero-order valence-electron chi connectivity index (χ0n) is 16.8. The molecule has 0 fully saturated rings. The summed E-state index contributed by atoms with van der Waals surface area (Å²) in [6, 6.07) is 4.57. The molecule has 4 heterocycles. The molecule has 3 aromatic rings. The summed E-state index contributed by atoms with van der Waals surface area (Å²) >= 11 is 0. The highest BCUT2D eigenvalue weighted by Gasteiger charge is 2.38. The van der Waals surface area contributed by atoms with Gasteiger partial charge in [-0.2, -0.15) is 18.3 Å². The topological polar surface area (TPSA) is 82.4 Å². The Balaban J connectivity index is 1.66. The highest BCUT2D eigenvalue weighted by molar-refractivity contribution is 6.10. The SMILES string of the molecule is COc1cc(-c2ccc3c(n2)[C@@H](C)N(c2cnn(CC(F)(F)F)c2)C3=O)cnc1OC. The first-order chi connectivity index (χ1) is 14.7. The van der Waals surface area contributed by atoms with Gasteiger partial charge in [0.25, 0.3) is 11.8 Å². The third-order valence-electron chi connectivity index (χ3n) is 4.92. The number of hydrogen-bond donors (Lipinski definition) is 0. The summed E-state index contributed by atoms with van der Waals surface area (Å²) < 4.78 is 49.1. The first-order valence-corrected chi connectivity index (χ1v) is 9.24. The molecular weight excluding hydrogens is 415 g/mol. The molecule has 31 heavy (non-hydrogen) atoms. The van der Waals surface area contributed by atoms with Crippen LogP contribution in [0.1, 0.15) is 29.0 Å². The molecule has 1 amide bonds. The number of amides is 1. The number of nitrogens with zero attached hydrogens (tertiary/aromatic N) is 5. The molecule has 0 radical (unpaired) electrons. The Morgan fingerprint density at radius 1 is 1.16 bits per heavy atom. The zero-order valence-corrected chi connectivity index (χ0v) is 16.8. The Bertz CT molecular complexity index is 1150. The lowest BCUT2D eigenvalue weighted by molar-refractivity contribution is -0.142. The third kappa shape index (κ3) is 3.78. The molecular formula is C20H18F3N5O3. The zero-order chi connectivity index (χ0) is 22.3. The van der Waals surface area contributed by atoms with E-state index in [2.05, 4.69) is 15.1 Å². The average Bonchev–Trinajstić information content (AvgIpc) is 3.27. The Labute approximate surface area is 175 Å². The first-order valence-electron chi connectivity index (χ1n) is 9.24. The quantitative estimate of drug-likeness (QED) is 0.611. The Kier molecular flexibility index (Phi) is 5.03. The van der Waals surface area contributed by atoms with Gasteiger partial charge in [-0.3, -0.25) is 14.4 Å². The Morgan fingerprint density at radius 2 is 1.94 bits per heavy atom. The largest absolute Gasteiger partial charge is 0.491 e. The summed E-state index contributed by atoms with van der Waals surface area (Å²) in [5.41, 5.74) is 2.40. The maximum atomic E-state index is 12.9. The molecule has 8 nitrogen and oxygen atoms in total. The highest BCUT2D eigenvalue weighted by atomic mass is 19.4. The molecule has 3 aromatic heterocycles. The van der Waals surface area contributed by atoms with Gasteiger partial charge in [-0.15, -0.1) is 0 Å². The molecule has 0 bridgehead atoms. The number of pyridine rings is 2. The van der Waals surface area contributed by atoms with E-state index in [1.807, 2.05) is 0 Å². The van der Waals surface area contributed by atoms with Gasteiger partial charge in [0.05, 0.1) is 49.1 Å². The lowest BCUT2D eigenvalue weighted by Gasteiger charge is -2.19. The van der Waals surface area contributed by atoms with E-state index in [1.165, 1.54) is 31.5 Å². The first kappa shape index (κ1) is 20.6. The van der Waals surface area contributed by atoms with Crippen molar-refractivity contribution in [2.45, 2.75) is 25.7 Å². The van der Waals surface area contributed by atoms with Crippen LogP contribution in [0.15, 0.2) is 36.8 Å². The number of anilines is 1. The van der Waals surface area contributed by atoms with Gasteiger partial charge in [0.15, 0.2) is 5.75 Å². The van der Waals surface area contributed by atoms with Crippen LogP contribution in [0, 0.1) is 0 Å². The fourth-order valence-corrected chi connectivity index (χ4v) is 3.52. The summed E-state index contributed by atoms with van der Waals surface area (Å²) in [6.07, 6.45) is -0.384. The fourth-order valence-electron chi connectivity index (χ4n) is 3.52. The van der Waals surface area contributed by atoms with E-state index >= 15 is 0 Å². The number of carbonyl (C=O) groups excluding carboxylic acids is 1.